The summed E-state index contributed by atoms with van der Waals surface area (Å²) in [5.41, 5.74) is 2.61. The van der Waals surface area contributed by atoms with E-state index < -0.39 is 0 Å². The highest BCUT2D eigenvalue weighted by molar-refractivity contribution is 7.13. The number of rotatable bonds is 5. The quantitative estimate of drug-likeness (QED) is 0.768. The first-order valence-corrected chi connectivity index (χ1v) is 8.33. The zero-order valence-corrected chi connectivity index (χ0v) is 13.8. The highest BCUT2D eigenvalue weighted by Crippen LogP contribution is 2.22. The Balaban J connectivity index is 1.58. The number of benzene rings is 1. The van der Waals surface area contributed by atoms with Gasteiger partial charge in [-0.1, -0.05) is 29.8 Å². The molecule has 23 heavy (non-hydrogen) atoms. The maximum atomic E-state index is 12.0. The third-order valence-corrected chi connectivity index (χ3v) is 4.54. The molecule has 0 fully saturated rings. The molecule has 1 N–H and O–H groups in total. The lowest BCUT2D eigenvalue weighted by atomic mass is 10.2. The first kappa shape index (κ1) is 15.6. The Bertz CT molecular complexity index is 804. The van der Waals surface area contributed by atoms with Crippen molar-refractivity contribution in [3.05, 3.63) is 70.5 Å². The lowest BCUT2D eigenvalue weighted by Crippen LogP contribution is -2.24. The van der Waals surface area contributed by atoms with Crippen LogP contribution >= 0.6 is 22.9 Å². The third kappa shape index (κ3) is 4.15. The van der Waals surface area contributed by atoms with E-state index in [-0.39, 0.29) is 12.3 Å². The van der Waals surface area contributed by atoms with E-state index in [0.29, 0.717) is 11.6 Å². The van der Waals surface area contributed by atoms with Gasteiger partial charge in [-0.2, -0.15) is 0 Å². The molecule has 1 aromatic carbocycles. The zero-order valence-electron chi connectivity index (χ0n) is 12.2. The number of nitrogens with zero attached hydrogens (tertiary/aromatic N) is 2. The van der Waals surface area contributed by atoms with Gasteiger partial charge < -0.3 is 5.32 Å². The van der Waals surface area contributed by atoms with Crippen LogP contribution in [0.4, 0.5) is 0 Å². The fourth-order valence-electron chi connectivity index (χ4n) is 2.07. The number of nitrogens with one attached hydrogen (secondary N) is 1. The second-order valence-corrected chi connectivity index (χ2v) is 6.20. The van der Waals surface area contributed by atoms with Gasteiger partial charge in [0.2, 0.25) is 5.91 Å². The summed E-state index contributed by atoms with van der Waals surface area (Å²) in [6, 6.07) is 11.3. The molecule has 0 aliphatic heterocycles. The van der Waals surface area contributed by atoms with Crippen molar-refractivity contribution >= 4 is 28.8 Å². The molecule has 0 atom stereocenters. The molecule has 2 heterocycles. The van der Waals surface area contributed by atoms with Crippen molar-refractivity contribution in [2.45, 2.75) is 13.0 Å². The number of carbonyl (C=O) groups excluding carboxylic acids is 1. The van der Waals surface area contributed by atoms with E-state index in [4.69, 9.17) is 11.6 Å². The molecular formula is C17H14ClN3OS. The minimum absolute atomic E-state index is 0.0760. The number of pyridine rings is 1. The van der Waals surface area contributed by atoms with Gasteiger partial charge in [-0.25, -0.2) is 4.98 Å². The van der Waals surface area contributed by atoms with E-state index in [1.165, 1.54) is 11.3 Å². The Morgan fingerprint density at radius 1 is 1.22 bits per heavy atom. The van der Waals surface area contributed by atoms with Crippen LogP contribution in [0.15, 0.2) is 54.2 Å². The predicted molar refractivity (Wildman–Crippen MR) is 92.3 cm³/mol. The molecule has 0 spiro atoms. The average Bonchev–Trinajstić information content (AvgIpc) is 3.03. The fraction of sp³-hybridized carbons (Fsp3) is 0.118. The fourth-order valence-corrected chi connectivity index (χ4v) is 3.09. The highest BCUT2D eigenvalue weighted by atomic mass is 35.5. The molecule has 3 rings (SSSR count). The molecule has 0 aliphatic rings. The minimum Gasteiger partial charge on any atom is -0.352 e. The molecule has 116 valence electrons. The van der Waals surface area contributed by atoms with Crippen LogP contribution in [0.3, 0.4) is 0 Å². The Morgan fingerprint density at radius 3 is 2.87 bits per heavy atom. The minimum atomic E-state index is -0.0760. The van der Waals surface area contributed by atoms with Gasteiger partial charge in [0.05, 0.1) is 12.1 Å². The zero-order chi connectivity index (χ0) is 16.1. The van der Waals surface area contributed by atoms with Crippen molar-refractivity contribution in [2.75, 3.05) is 0 Å². The van der Waals surface area contributed by atoms with Gasteiger partial charge >= 0.3 is 0 Å². The van der Waals surface area contributed by atoms with Crippen molar-refractivity contribution < 1.29 is 4.79 Å². The van der Waals surface area contributed by atoms with E-state index in [9.17, 15) is 4.79 Å². The highest BCUT2D eigenvalue weighted by Gasteiger charge is 2.09. The summed E-state index contributed by atoms with van der Waals surface area (Å²) in [6.07, 6.45) is 3.74. The SMILES string of the molecule is O=C(Cc1csc(-c2cccnc2)n1)NCc1ccccc1Cl. The summed E-state index contributed by atoms with van der Waals surface area (Å²) in [7, 11) is 0. The summed E-state index contributed by atoms with van der Waals surface area (Å²) in [5, 5.41) is 6.29. The van der Waals surface area contributed by atoms with Crippen LogP contribution in [0.2, 0.25) is 5.02 Å². The van der Waals surface area contributed by atoms with E-state index in [1.807, 2.05) is 41.8 Å². The summed E-state index contributed by atoms with van der Waals surface area (Å²) >= 11 is 7.58. The predicted octanol–water partition coefficient (Wildman–Crippen LogP) is 3.72. The first-order valence-electron chi connectivity index (χ1n) is 7.07. The van der Waals surface area contributed by atoms with E-state index in [1.54, 1.807) is 12.4 Å². The normalized spacial score (nSPS) is 10.5. The van der Waals surface area contributed by atoms with Crippen LogP contribution in [0.1, 0.15) is 11.3 Å². The Morgan fingerprint density at radius 2 is 2.09 bits per heavy atom. The average molecular weight is 344 g/mol. The lowest BCUT2D eigenvalue weighted by molar-refractivity contribution is -0.120. The monoisotopic (exact) mass is 343 g/mol. The van der Waals surface area contributed by atoms with Crippen molar-refractivity contribution in [1.82, 2.24) is 15.3 Å². The third-order valence-electron chi connectivity index (χ3n) is 3.24. The summed E-state index contributed by atoms with van der Waals surface area (Å²) in [4.78, 5) is 20.6. The van der Waals surface area contributed by atoms with Gasteiger partial charge in [0.1, 0.15) is 5.01 Å². The molecule has 0 saturated heterocycles. The van der Waals surface area contributed by atoms with Gasteiger partial charge in [0.15, 0.2) is 0 Å². The summed E-state index contributed by atoms with van der Waals surface area (Å²) in [5.74, 6) is -0.0760. The molecule has 1 amide bonds. The summed E-state index contributed by atoms with van der Waals surface area (Å²) in [6.45, 7) is 0.415. The number of hydrogen-bond donors (Lipinski definition) is 1. The Kier molecular flexibility index (Phi) is 5.00. The van der Waals surface area contributed by atoms with Gasteiger partial charge in [0, 0.05) is 34.9 Å². The van der Waals surface area contributed by atoms with Gasteiger partial charge in [-0.3, -0.25) is 9.78 Å². The maximum absolute atomic E-state index is 12.0. The molecule has 2 aromatic heterocycles. The number of amides is 1. The van der Waals surface area contributed by atoms with Crippen molar-refractivity contribution in [2.24, 2.45) is 0 Å². The molecule has 6 heteroatoms. The Hall–Kier alpha value is -2.24. The van der Waals surface area contributed by atoms with Gasteiger partial charge in [-0.15, -0.1) is 11.3 Å². The van der Waals surface area contributed by atoms with Crippen LogP contribution in [0.25, 0.3) is 10.6 Å². The van der Waals surface area contributed by atoms with Crippen molar-refractivity contribution in [3.63, 3.8) is 0 Å². The number of hydrogen-bond acceptors (Lipinski definition) is 4. The van der Waals surface area contributed by atoms with Crippen LogP contribution < -0.4 is 5.32 Å². The second kappa shape index (κ2) is 7.35. The molecule has 3 aromatic rings. The molecular weight excluding hydrogens is 330 g/mol. The smallest absolute Gasteiger partial charge is 0.226 e. The molecule has 0 aliphatic carbocycles. The molecule has 0 unspecified atom stereocenters. The number of halogens is 1. The molecule has 0 bridgehead atoms. The van der Waals surface area contributed by atoms with Crippen LogP contribution in [0.5, 0.6) is 0 Å². The van der Waals surface area contributed by atoms with Gasteiger partial charge in [-0.05, 0) is 23.8 Å². The van der Waals surface area contributed by atoms with Crippen molar-refractivity contribution in [1.29, 1.82) is 0 Å². The van der Waals surface area contributed by atoms with E-state index in [0.717, 1.165) is 21.8 Å². The molecule has 0 saturated carbocycles. The van der Waals surface area contributed by atoms with Crippen LogP contribution in [0, 0.1) is 0 Å². The first-order chi connectivity index (χ1) is 11.2. The topological polar surface area (TPSA) is 54.9 Å². The standard InChI is InChI=1S/C17H14ClN3OS/c18-15-6-2-1-4-12(15)10-20-16(22)8-14-11-23-17(21-14)13-5-3-7-19-9-13/h1-7,9,11H,8,10H2,(H,20,22). The summed E-state index contributed by atoms with van der Waals surface area (Å²) < 4.78 is 0. The van der Waals surface area contributed by atoms with E-state index in [2.05, 4.69) is 15.3 Å². The van der Waals surface area contributed by atoms with Crippen LogP contribution in [-0.2, 0) is 17.8 Å². The second-order valence-electron chi connectivity index (χ2n) is 4.93. The van der Waals surface area contributed by atoms with E-state index >= 15 is 0 Å². The number of aromatic nitrogens is 2. The number of carbonyl (C=O) groups is 1. The van der Waals surface area contributed by atoms with Gasteiger partial charge in [0.25, 0.3) is 0 Å². The largest absolute Gasteiger partial charge is 0.352 e. The van der Waals surface area contributed by atoms with Crippen LogP contribution in [-0.4, -0.2) is 15.9 Å². The lowest BCUT2D eigenvalue weighted by Gasteiger charge is -2.05. The maximum Gasteiger partial charge on any atom is 0.226 e. The Labute approximate surface area is 143 Å². The molecule has 0 radical (unpaired) electrons. The van der Waals surface area contributed by atoms with Crippen molar-refractivity contribution in [3.8, 4) is 10.6 Å². The molecule has 4 nitrogen and oxygen atoms in total. The number of thiazole rings is 1.